The van der Waals surface area contributed by atoms with Crippen molar-refractivity contribution in [2.24, 2.45) is 17.1 Å². The maximum absolute atomic E-state index is 13.1. The molecule has 0 aromatic heterocycles. The molecule has 2 N–H and O–H groups in total. The lowest BCUT2D eigenvalue weighted by molar-refractivity contribution is -0.180. The van der Waals surface area contributed by atoms with E-state index in [1.807, 2.05) is 42.2 Å². The number of ether oxygens (including phenoxy) is 2. The first kappa shape index (κ1) is 19.2. The molecule has 1 aliphatic heterocycles. The molecule has 0 radical (unpaired) electrons. The molecule has 5 heteroatoms. The zero-order chi connectivity index (χ0) is 18.8. The number of piperidine rings is 1. The number of hydrogen-bond donors (Lipinski definition) is 1. The highest BCUT2D eigenvalue weighted by Gasteiger charge is 2.63. The number of amides is 1. The van der Waals surface area contributed by atoms with Crippen LogP contribution in [0.2, 0.25) is 0 Å². The summed E-state index contributed by atoms with van der Waals surface area (Å²) in [6.07, 6.45) is 2.61. The molecule has 3 rings (SSSR count). The zero-order valence-electron chi connectivity index (χ0n) is 16.2. The summed E-state index contributed by atoms with van der Waals surface area (Å²) in [6.45, 7) is 8.97. The molecule has 1 heterocycles. The van der Waals surface area contributed by atoms with Crippen molar-refractivity contribution < 1.29 is 14.3 Å². The minimum Gasteiger partial charge on any atom is -0.493 e. The van der Waals surface area contributed by atoms with Crippen LogP contribution in [0.15, 0.2) is 30.3 Å². The van der Waals surface area contributed by atoms with Gasteiger partial charge in [0, 0.05) is 31.5 Å². The number of para-hydroxylation sites is 1. The van der Waals surface area contributed by atoms with Gasteiger partial charge in [-0.15, -0.1) is 0 Å². The molecule has 5 nitrogen and oxygen atoms in total. The highest BCUT2D eigenvalue weighted by molar-refractivity contribution is 5.89. The number of carbonyl (C=O) groups is 1. The van der Waals surface area contributed by atoms with E-state index < -0.39 is 5.54 Å². The summed E-state index contributed by atoms with van der Waals surface area (Å²) in [7, 11) is 0. The van der Waals surface area contributed by atoms with Crippen LogP contribution < -0.4 is 10.5 Å². The van der Waals surface area contributed by atoms with Gasteiger partial charge in [-0.05, 0) is 37.8 Å². The van der Waals surface area contributed by atoms with E-state index in [1.54, 1.807) is 0 Å². The molecule has 144 valence electrons. The Balaban J connectivity index is 1.49. The van der Waals surface area contributed by atoms with Crippen LogP contribution in [0, 0.1) is 11.3 Å². The molecule has 1 aromatic rings. The largest absolute Gasteiger partial charge is 0.493 e. The fourth-order valence-electron chi connectivity index (χ4n) is 4.11. The van der Waals surface area contributed by atoms with Crippen molar-refractivity contribution in [3.63, 3.8) is 0 Å². The number of nitrogens with two attached hydrogens (primary N) is 1. The van der Waals surface area contributed by atoms with E-state index in [2.05, 4.69) is 13.8 Å². The Morgan fingerprint density at radius 2 is 1.88 bits per heavy atom. The van der Waals surface area contributed by atoms with Gasteiger partial charge in [-0.2, -0.15) is 0 Å². The van der Waals surface area contributed by atoms with Gasteiger partial charge in [0.25, 0.3) is 0 Å². The Labute approximate surface area is 156 Å². The monoisotopic (exact) mass is 360 g/mol. The SMILES string of the molecule is CCOC1CC(N)(C(=O)N2CCC(COc3ccccc3)CC2)C1(C)C. The van der Waals surface area contributed by atoms with Gasteiger partial charge in [0.2, 0.25) is 5.91 Å². The van der Waals surface area contributed by atoms with Crippen molar-refractivity contribution in [3.8, 4) is 5.75 Å². The molecule has 0 bridgehead atoms. The third-order valence-electron chi connectivity index (χ3n) is 6.34. The van der Waals surface area contributed by atoms with Gasteiger partial charge in [0.1, 0.15) is 11.3 Å². The molecule has 1 aliphatic carbocycles. The standard InChI is InChI=1S/C21H32N2O3/c1-4-25-18-14-21(22,20(18,2)3)19(24)23-12-10-16(11-13-23)15-26-17-8-6-5-7-9-17/h5-9,16,18H,4,10-15,22H2,1-3H3. The van der Waals surface area contributed by atoms with Gasteiger partial charge in [-0.1, -0.05) is 32.0 Å². The molecule has 1 amide bonds. The summed E-state index contributed by atoms with van der Waals surface area (Å²) in [5, 5.41) is 0. The summed E-state index contributed by atoms with van der Waals surface area (Å²) in [5.41, 5.74) is 5.42. The van der Waals surface area contributed by atoms with Crippen LogP contribution in [-0.2, 0) is 9.53 Å². The molecular formula is C21H32N2O3. The summed E-state index contributed by atoms with van der Waals surface area (Å²) < 4.78 is 11.6. The number of rotatable bonds is 6. The van der Waals surface area contributed by atoms with Crippen molar-refractivity contribution in [3.05, 3.63) is 30.3 Å². The highest BCUT2D eigenvalue weighted by atomic mass is 16.5. The third kappa shape index (κ3) is 3.47. The topological polar surface area (TPSA) is 64.8 Å². The van der Waals surface area contributed by atoms with E-state index in [0.717, 1.165) is 31.7 Å². The summed E-state index contributed by atoms with van der Waals surface area (Å²) in [5.74, 6) is 1.48. The maximum Gasteiger partial charge on any atom is 0.243 e. The van der Waals surface area contributed by atoms with Crippen LogP contribution >= 0.6 is 0 Å². The lowest BCUT2D eigenvalue weighted by Gasteiger charge is -2.59. The molecule has 26 heavy (non-hydrogen) atoms. The highest BCUT2D eigenvalue weighted by Crippen LogP contribution is 2.50. The number of likely N-dealkylation sites (tertiary alicyclic amines) is 1. The average Bonchev–Trinajstić information content (AvgIpc) is 2.66. The first-order chi connectivity index (χ1) is 12.4. The van der Waals surface area contributed by atoms with Crippen molar-refractivity contribution >= 4 is 5.91 Å². The van der Waals surface area contributed by atoms with E-state index in [-0.39, 0.29) is 17.4 Å². The first-order valence-corrected chi connectivity index (χ1v) is 9.76. The maximum atomic E-state index is 13.1. The number of nitrogens with zero attached hydrogens (tertiary/aromatic N) is 1. The Morgan fingerprint density at radius 3 is 2.46 bits per heavy atom. The lowest BCUT2D eigenvalue weighted by Crippen LogP contribution is -2.76. The molecule has 1 aromatic carbocycles. The van der Waals surface area contributed by atoms with Gasteiger partial charge < -0.3 is 20.1 Å². The molecule has 1 saturated heterocycles. The van der Waals surface area contributed by atoms with E-state index in [0.29, 0.717) is 25.6 Å². The second-order valence-corrected chi connectivity index (χ2v) is 8.20. The first-order valence-electron chi connectivity index (χ1n) is 9.76. The minimum absolute atomic E-state index is 0.0678. The zero-order valence-corrected chi connectivity index (χ0v) is 16.2. The van der Waals surface area contributed by atoms with Crippen molar-refractivity contribution in [2.45, 2.75) is 51.7 Å². The van der Waals surface area contributed by atoms with Crippen LogP contribution in [0.1, 0.15) is 40.0 Å². The Bertz CT molecular complexity index is 611. The second-order valence-electron chi connectivity index (χ2n) is 8.20. The second kappa shape index (κ2) is 7.57. The van der Waals surface area contributed by atoms with Crippen molar-refractivity contribution in [1.82, 2.24) is 4.90 Å². The smallest absolute Gasteiger partial charge is 0.243 e. The predicted octanol–water partition coefficient (Wildman–Crippen LogP) is 2.84. The van der Waals surface area contributed by atoms with Crippen LogP contribution in [0.4, 0.5) is 0 Å². The molecule has 2 atom stereocenters. The van der Waals surface area contributed by atoms with Gasteiger partial charge in [-0.3, -0.25) is 4.79 Å². The molecule has 2 unspecified atom stereocenters. The van der Waals surface area contributed by atoms with E-state index in [1.165, 1.54) is 0 Å². The van der Waals surface area contributed by atoms with Crippen LogP contribution in [0.3, 0.4) is 0 Å². The summed E-state index contributed by atoms with van der Waals surface area (Å²) in [4.78, 5) is 15.0. The van der Waals surface area contributed by atoms with Crippen LogP contribution in [0.5, 0.6) is 5.75 Å². The fourth-order valence-corrected chi connectivity index (χ4v) is 4.11. The van der Waals surface area contributed by atoms with Crippen molar-refractivity contribution in [2.75, 3.05) is 26.3 Å². The molecule has 2 aliphatic rings. The lowest BCUT2D eigenvalue weighted by atomic mass is 9.54. The van der Waals surface area contributed by atoms with Gasteiger partial charge in [0.05, 0.1) is 12.7 Å². The van der Waals surface area contributed by atoms with Gasteiger partial charge >= 0.3 is 0 Å². The van der Waals surface area contributed by atoms with Crippen molar-refractivity contribution in [1.29, 1.82) is 0 Å². The Morgan fingerprint density at radius 1 is 1.23 bits per heavy atom. The summed E-state index contributed by atoms with van der Waals surface area (Å²) >= 11 is 0. The third-order valence-corrected chi connectivity index (χ3v) is 6.34. The predicted molar refractivity (Wildman–Crippen MR) is 102 cm³/mol. The minimum atomic E-state index is -0.805. The molecular weight excluding hydrogens is 328 g/mol. The Kier molecular flexibility index (Phi) is 5.58. The van der Waals surface area contributed by atoms with E-state index in [9.17, 15) is 4.79 Å². The molecule has 2 fully saturated rings. The summed E-state index contributed by atoms with van der Waals surface area (Å²) in [6, 6.07) is 9.90. The van der Waals surface area contributed by atoms with Crippen LogP contribution in [0.25, 0.3) is 0 Å². The van der Waals surface area contributed by atoms with E-state index in [4.69, 9.17) is 15.2 Å². The Hall–Kier alpha value is -1.59. The normalized spacial score (nSPS) is 28.5. The average molecular weight is 360 g/mol. The quantitative estimate of drug-likeness (QED) is 0.847. The molecule has 0 spiro atoms. The van der Waals surface area contributed by atoms with Gasteiger partial charge in [0.15, 0.2) is 0 Å². The van der Waals surface area contributed by atoms with E-state index >= 15 is 0 Å². The number of benzene rings is 1. The number of hydrogen-bond acceptors (Lipinski definition) is 4. The van der Waals surface area contributed by atoms with Crippen LogP contribution in [-0.4, -0.2) is 48.8 Å². The number of carbonyl (C=O) groups excluding carboxylic acids is 1. The van der Waals surface area contributed by atoms with Gasteiger partial charge in [-0.25, -0.2) is 0 Å². The fraction of sp³-hybridized carbons (Fsp3) is 0.667. The molecule has 1 saturated carbocycles.